The number of methoxy groups -OCH3 is 1. The van der Waals surface area contributed by atoms with E-state index in [9.17, 15) is 32.9 Å². The van der Waals surface area contributed by atoms with Gasteiger partial charge in [-0.1, -0.05) is 24.3 Å². The third-order valence-corrected chi connectivity index (χ3v) is 7.74. The summed E-state index contributed by atoms with van der Waals surface area (Å²) in [6, 6.07) is 11.1. The van der Waals surface area contributed by atoms with Crippen molar-refractivity contribution in [3.63, 3.8) is 0 Å². The van der Waals surface area contributed by atoms with Gasteiger partial charge >= 0.3 is 12.1 Å². The fourth-order valence-electron chi connectivity index (χ4n) is 5.59. The highest BCUT2D eigenvalue weighted by Gasteiger charge is 2.38. The van der Waals surface area contributed by atoms with E-state index in [1.807, 2.05) is 0 Å². The first-order chi connectivity index (χ1) is 19.9. The van der Waals surface area contributed by atoms with Crippen LogP contribution < -0.4 is 10.6 Å². The molecule has 2 heterocycles. The average molecular weight is 587 g/mol. The summed E-state index contributed by atoms with van der Waals surface area (Å²) in [5, 5.41) is 17.5. The summed E-state index contributed by atoms with van der Waals surface area (Å²) in [5.74, 6) is -1.75. The van der Waals surface area contributed by atoms with Crippen LogP contribution in [0.4, 0.5) is 18.9 Å². The van der Waals surface area contributed by atoms with Gasteiger partial charge in [0.2, 0.25) is 5.91 Å². The zero-order valence-electron chi connectivity index (χ0n) is 23.6. The molecule has 42 heavy (non-hydrogen) atoms. The van der Waals surface area contributed by atoms with Crippen LogP contribution in [0.3, 0.4) is 0 Å². The molecule has 2 atom stereocenters. The van der Waals surface area contributed by atoms with Crippen molar-refractivity contribution in [3.05, 3.63) is 97.9 Å². The van der Waals surface area contributed by atoms with Crippen molar-refractivity contribution < 1.29 is 32.4 Å². The monoisotopic (exact) mass is 586 g/mol. The van der Waals surface area contributed by atoms with Crippen LogP contribution in [-0.4, -0.2) is 55.0 Å². The molecule has 0 bridgehead atoms. The highest BCUT2D eigenvalue weighted by Crippen LogP contribution is 2.39. The molecule has 0 saturated carbocycles. The molecule has 1 fully saturated rings. The maximum Gasteiger partial charge on any atom is 0.416 e. The van der Waals surface area contributed by atoms with Crippen molar-refractivity contribution in [3.8, 4) is 0 Å². The lowest BCUT2D eigenvalue weighted by Gasteiger charge is -2.31. The molecule has 12 heteroatoms. The summed E-state index contributed by atoms with van der Waals surface area (Å²) in [6.07, 6.45) is -2.91. The maximum absolute atomic E-state index is 13.6. The number of carbonyl (C=O) groups is 2. The molecule has 9 nitrogen and oxygen atoms in total. The first kappa shape index (κ1) is 30.8. The van der Waals surface area contributed by atoms with Gasteiger partial charge in [0.1, 0.15) is 0 Å². The van der Waals surface area contributed by atoms with E-state index in [1.165, 1.54) is 37.4 Å². The van der Waals surface area contributed by atoms with Crippen LogP contribution in [0.25, 0.3) is 0 Å². The molecule has 0 spiro atoms. The van der Waals surface area contributed by atoms with E-state index in [4.69, 9.17) is 4.74 Å². The largest absolute Gasteiger partial charge is 0.466 e. The van der Waals surface area contributed by atoms with Crippen molar-refractivity contribution >= 4 is 17.6 Å². The molecule has 0 radical (unpaired) electrons. The smallest absolute Gasteiger partial charge is 0.416 e. The van der Waals surface area contributed by atoms with Gasteiger partial charge in [-0.25, -0.2) is 4.79 Å². The van der Waals surface area contributed by atoms with E-state index in [0.717, 1.165) is 37.2 Å². The minimum atomic E-state index is -4.36. The number of likely N-dealkylation sites (tertiary alicyclic amines) is 1. The summed E-state index contributed by atoms with van der Waals surface area (Å²) in [5.41, 5.74) is 1.91. The number of nitrogens with one attached hydrogen (secondary N) is 2. The Labute approximate surface area is 241 Å². The Morgan fingerprint density at radius 1 is 1.12 bits per heavy atom. The van der Waals surface area contributed by atoms with Crippen LogP contribution in [0.2, 0.25) is 0 Å². The number of hydrogen-bond donors (Lipinski definition) is 2. The van der Waals surface area contributed by atoms with E-state index < -0.39 is 34.5 Å². The van der Waals surface area contributed by atoms with Gasteiger partial charge in [-0.3, -0.25) is 14.9 Å². The van der Waals surface area contributed by atoms with Gasteiger partial charge < -0.3 is 20.3 Å². The minimum absolute atomic E-state index is 0.160. The number of esters is 1. The number of nitro groups is 1. The van der Waals surface area contributed by atoms with Gasteiger partial charge in [0.05, 0.1) is 29.1 Å². The lowest BCUT2D eigenvalue weighted by atomic mass is 9.80. The quantitative estimate of drug-likeness (QED) is 0.249. The van der Waals surface area contributed by atoms with E-state index >= 15 is 0 Å². The van der Waals surface area contributed by atoms with Crippen LogP contribution in [0.15, 0.2) is 71.1 Å². The van der Waals surface area contributed by atoms with Crippen LogP contribution in [0, 0.1) is 16.0 Å². The Morgan fingerprint density at radius 3 is 2.45 bits per heavy atom. The number of dihydropyridines is 1. The summed E-state index contributed by atoms with van der Waals surface area (Å²) < 4.78 is 43.4. The first-order valence-corrected chi connectivity index (χ1v) is 13.6. The summed E-state index contributed by atoms with van der Waals surface area (Å²) >= 11 is 0. The number of halogens is 3. The fourth-order valence-corrected chi connectivity index (χ4v) is 5.59. The number of non-ortho nitro benzene ring substituents is 1. The van der Waals surface area contributed by atoms with Gasteiger partial charge in [-0.15, -0.1) is 0 Å². The first-order valence-electron chi connectivity index (χ1n) is 13.6. The average Bonchev–Trinajstić information content (AvgIpc) is 3.41. The Balaban J connectivity index is 1.42. The number of benzene rings is 2. The second kappa shape index (κ2) is 12.8. The molecule has 2 aliphatic rings. The topological polar surface area (TPSA) is 114 Å². The van der Waals surface area contributed by atoms with Crippen molar-refractivity contribution in [1.29, 1.82) is 0 Å². The lowest BCUT2D eigenvalue weighted by Crippen LogP contribution is -2.38. The molecule has 0 aliphatic carbocycles. The van der Waals surface area contributed by atoms with E-state index in [2.05, 4.69) is 15.5 Å². The Bertz CT molecular complexity index is 1420. The van der Waals surface area contributed by atoms with E-state index in [0.29, 0.717) is 36.5 Å². The summed E-state index contributed by atoms with van der Waals surface area (Å²) in [6.45, 7) is 5.99. The molecule has 4 rings (SSSR count). The third kappa shape index (κ3) is 6.99. The minimum Gasteiger partial charge on any atom is -0.466 e. The summed E-state index contributed by atoms with van der Waals surface area (Å²) in [7, 11) is 1.24. The van der Waals surface area contributed by atoms with Crippen molar-refractivity contribution in [2.24, 2.45) is 5.92 Å². The standard InChI is InChI=1S/C30H33F3N4O5/c1-18-25(27(26(19(2)35-18)29(39)42-3)22-5-4-6-24(15-22)37(40)41)28(38)34-16-21-12-14-36(17-21)13-11-20-7-9-23(10-8-20)30(31,32)33/h4-10,15,21,27,35H,11-14,16-17H2,1-3H3,(H,34,38)/t21-,27?/m1/s1. The molecule has 2 aromatic rings. The Hall–Kier alpha value is -4.19. The predicted molar refractivity (Wildman–Crippen MR) is 149 cm³/mol. The second-order valence-electron chi connectivity index (χ2n) is 10.6. The van der Waals surface area contributed by atoms with Crippen molar-refractivity contribution in [2.45, 2.75) is 38.8 Å². The van der Waals surface area contributed by atoms with Gasteiger partial charge in [0, 0.05) is 48.7 Å². The Morgan fingerprint density at radius 2 is 1.81 bits per heavy atom. The molecule has 2 aliphatic heterocycles. The number of alkyl halides is 3. The fraction of sp³-hybridized carbons (Fsp3) is 0.400. The number of nitro benzene ring substituents is 1. The van der Waals surface area contributed by atoms with E-state index in [-0.39, 0.29) is 22.8 Å². The molecule has 224 valence electrons. The molecule has 0 aromatic heterocycles. The number of hydrogen-bond acceptors (Lipinski definition) is 7. The highest BCUT2D eigenvalue weighted by molar-refractivity contribution is 6.02. The molecular weight excluding hydrogens is 553 g/mol. The molecule has 1 amide bonds. The molecule has 1 unspecified atom stereocenters. The number of nitrogens with zero attached hydrogens (tertiary/aromatic N) is 2. The maximum atomic E-state index is 13.6. The third-order valence-electron chi connectivity index (χ3n) is 7.74. The van der Waals surface area contributed by atoms with Crippen LogP contribution >= 0.6 is 0 Å². The van der Waals surface area contributed by atoms with Gasteiger partial charge in [0.15, 0.2) is 0 Å². The van der Waals surface area contributed by atoms with E-state index in [1.54, 1.807) is 19.9 Å². The molecule has 2 N–H and O–H groups in total. The number of rotatable bonds is 9. The second-order valence-corrected chi connectivity index (χ2v) is 10.6. The normalized spacial score (nSPS) is 19.5. The number of ether oxygens (including phenoxy) is 1. The molecule has 1 saturated heterocycles. The number of amides is 1. The zero-order chi connectivity index (χ0) is 30.6. The van der Waals surface area contributed by atoms with Gasteiger partial charge in [0.25, 0.3) is 5.69 Å². The van der Waals surface area contributed by atoms with Crippen molar-refractivity contribution in [1.82, 2.24) is 15.5 Å². The predicted octanol–water partition coefficient (Wildman–Crippen LogP) is 4.70. The number of allylic oxidation sites excluding steroid dienone is 2. The molecule has 2 aromatic carbocycles. The highest BCUT2D eigenvalue weighted by atomic mass is 19.4. The lowest BCUT2D eigenvalue weighted by molar-refractivity contribution is -0.384. The SMILES string of the molecule is COC(=O)C1=C(C)NC(C)=C(C(=O)NC[C@H]2CCN(CCc3ccc(C(F)(F)F)cc3)C2)C1c1cccc([N+](=O)[O-])c1. The Kier molecular flexibility index (Phi) is 9.35. The van der Waals surface area contributed by atoms with Gasteiger partial charge in [-0.2, -0.15) is 13.2 Å². The zero-order valence-corrected chi connectivity index (χ0v) is 23.6. The number of carbonyl (C=O) groups excluding carboxylic acids is 2. The molecular formula is C30H33F3N4O5. The summed E-state index contributed by atoms with van der Waals surface area (Å²) in [4.78, 5) is 39.6. The van der Waals surface area contributed by atoms with Crippen LogP contribution in [0.5, 0.6) is 0 Å². The van der Waals surface area contributed by atoms with Crippen molar-refractivity contribution in [2.75, 3.05) is 33.3 Å². The van der Waals surface area contributed by atoms with Crippen LogP contribution in [-0.2, 0) is 26.9 Å². The van der Waals surface area contributed by atoms with Crippen LogP contribution in [0.1, 0.15) is 42.9 Å². The van der Waals surface area contributed by atoms with Gasteiger partial charge in [-0.05, 0) is 62.4 Å².